The van der Waals surface area contributed by atoms with Crippen LogP contribution >= 0.6 is 0 Å². The van der Waals surface area contributed by atoms with Crippen molar-refractivity contribution in [2.75, 3.05) is 0 Å². The Morgan fingerprint density at radius 2 is 1.28 bits per heavy atom. The van der Waals surface area contributed by atoms with Gasteiger partial charge in [0, 0.05) is 24.4 Å². The summed E-state index contributed by atoms with van der Waals surface area (Å²) in [6, 6.07) is 30.8. The first-order chi connectivity index (χ1) is 14.3. The van der Waals surface area contributed by atoms with E-state index in [2.05, 4.69) is 47.0 Å². The molecule has 3 aromatic carbocycles. The molecule has 0 heterocycles. The van der Waals surface area contributed by atoms with Crippen LogP contribution in [0.4, 0.5) is 0 Å². The summed E-state index contributed by atoms with van der Waals surface area (Å²) in [7, 11) is 0. The fraction of sp³-hybridized carbons (Fsp3) is 0.192. The normalized spacial score (nSPS) is 15.9. The summed E-state index contributed by atoms with van der Waals surface area (Å²) in [5.41, 5.74) is 5.56. The van der Waals surface area contributed by atoms with Crippen LogP contribution < -0.4 is 10.6 Å². The van der Waals surface area contributed by atoms with E-state index in [4.69, 9.17) is 0 Å². The minimum absolute atomic E-state index is 0.0304. The van der Waals surface area contributed by atoms with E-state index in [0.29, 0.717) is 12.5 Å². The molecule has 1 aliphatic rings. The van der Waals surface area contributed by atoms with Gasteiger partial charge in [-0.15, -0.1) is 0 Å². The topological polar surface area (TPSA) is 41.1 Å². The lowest BCUT2D eigenvalue weighted by molar-refractivity contribution is -0.117. The molecule has 1 aliphatic carbocycles. The molecule has 0 aliphatic heterocycles. The second-order valence-electron chi connectivity index (χ2n) is 7.48. The maximum absolute atomic E-state index is 13.0. The van der Waals surface area contributed by atoms with Crippen LogP contribution in [0.1, 0.15) is 35.4 Å². The third kappa shape index (κ3) is 4.94. The number of hydrogen-bond acceptors (Lipinski definition) is 2. The van der Waals surface area contributed by atoms with Crippen LogP contribution in [0, 0.1) is 0 Å². The number of hydrogen-bond donors (Lipinski definition) is 2. The van der Waals surface area contributed by atoms with Crippen molar-refractivity contribution in [1.82, 2.24) is 10.6 Å². The fourth-order valence-electron chi connectivity index (χ4n) is 3.87. The molecular weight excluding hydrogens is 356 g/mol. The molecule has 1 unspecified atom stereocenters. The second-order valence-corrected chi connectivity index (χ2v) is 7.48. The highest BCUT2D eigenvalue weighted by atomic mass is 16.1. The van der Waals surface area contributed by atoms with E-state index in [1.807, 2.05) is 54.6 Å². The highest BCUT2D eigenvalue weighted by molar-refractivity contribution is 5.94. The predicted octanol–water partition coefficient (Wildman–Crippen LogP) is 4.92. The van der Waals surface area contributed by atoms with Crippen molar-refractivity contribution in [1.29, 1.82) is 0 Å². The zero-order chi connectivity index (χ0) is 19.9. The van der Waals surface area contributed by atoms with Crippen molar-refractivity contribution in [3.8, 4) is 0 Å². The molecule has 0 fully saturated rings. The maximum atomic E-state index is 13.0. The lowest BCUT2D eigenvalue weighted by atomic mass is 9.95. The molecule has 0 radical (unpaired) electrons. The molecule has 29 heavy (non-hydrogen) atoms. The highest BCUT2D eigenvalue weighted by Gasteiger charge is 2.29. The van der Waals surface area contributed by atoms with Crippen LogP contribution in [-0.4, -0.2) is 5.91 Å². The van der Waals surface area contributed by atoms with Crippen molar-refractivity contribution < 1.29 is 4.79 Å². The molecule has 0 saturated heterocycles. The maximum Gasteiger partial charge on any atom is 0.249 e. The Hall–Kier alpha value is -3.33. The third-order valence-electron chi connectivity index (χ3n) is 5.46. The lowest BCUT2D eigenvalue weighted by Crippen LogP contribution is -2.26. The van der Waals surface area contributed by atoms with Gasteiger partial charge >= 0.3 is 0 Å². The lowest BCUT2D eigenvalue weighted by Gasteiger charge is -2.12. The summed E-state index contributed by atoms with van der Waals surface area (Å²) in [4.78, 5) is 13.0. The van der Waals surface area contributed by atoms with Gasteiger partial charge in [-0.2, -0.15) is 0 Å². The van der Waals surface area contributed by atoms with Gasteiger partial charge in [0.15, 0.2) is 0 Å². The number of rotatable bonds is 7. The smallest absolute Gasteiger partial charge is 0.249 e. The summed E-state index contributed by atoms with van der Waals surface area (Å²) in [5.74, 6) is 0.370. The Kier molecular flexibility index (Phi) is 6.06. The van der Waals surface area contributed by atoms with Gasteiger partial charge in [-0.25, -0.2) is 0 Å². The van der Waals surface area contributed by atoms with E-state index in [-0.39, 0.29) is 5.91 Å². The average molecular weight is 383 g/mol. The molecular formula is C26H26N2O. The number of nitrogens with one attached hydrogen (secondary N) is 2. The molecule has 0 bridgehead atoms. The molecule has 0 aromatic heterocycles. The Bertz CT molecular complexity index is 965. The van der Waals surface area contributed by atoms with Gasteiger partial charge in [0.05, 0.1) is 0 Å². The van der Waals surface area contributed by atoms with E-state index < -0.39 is 0 Å². The highest BCUT2D eigenvalue weighted by Crippen LogP contribution is 2.37. The standard InChI is InChI=1S/C26H26N2O/c29-26(28-19-21-12-6-2-7-13-21)24-16-23(22-14-8-3-9-15-22)17-25(24)27-18-20-10-4-1-5-11-20/h1-15,23,27H,16-19H2,(H,28,29). The van der Waals surface area contributed by atoms with E-state index in [1.54, 1.807) is 0 Å². The van der Waals surface area contributed by atoms with Gasteiger partial charge in [-0.1, -0.05) is 91.0 Å². The van der Waals surface area contributed by atoms with Crippen LogP contribution in [0.2, 0.25) is 0 Å². The predicted molar refractivity (Wildman–Crippen MR) is 117 cm³/mol. The SMILES string of the molecule is O=C(NCc1ccccc1)C1=C(NCc2ccccc2)CC(c2ccccc2)C1. The van der Waals surface area contributed by atoms with Crippen LogP contribution in [-0.2, 0) is 17.9 Å². The van der Waals surface area contributed by atoms with Crippen LogP contribution in [0.25, 0.3) is 0 Å². The number of carbonyl (C=O) groups excluding carboxylic acids is 1. The van der Waals surface area contributed by atoms with Gasteiger partial charge in [0.25, 0.3) is 0 Å². The second kappa shape index (κ2) is 9.24. The number of amides is 1. The van der Waals surface area contributed by atoms with Gasteiger partial charge < -0.3 is 10.6 Å². The van der Waals surface area contributed by atoms with Gasteiger partial charge in [-0.3, -0.25) is 4.79 Å². The van der Waals surface area contributed by atoms with Crippen molar-refractivity contribution in [3.63, 3.8) is 0 Å². The van der Waals surface area contributed by atoms with E-state index in [9.17, 15) is 4.79 Å². The van der Waals surface area contributed by atoms with E-state index >= 15 is 0 Å². The number of carbonyl (C=O) groups is 1. The molecule has 0 saturated carbocycles. The van der Waals surface area contributed by atoms with Crippen molar-refractivity contribution >= 4 is 5.91 Å². The Labute approximate surface area is 172 Å². The van der Waals surface area contributed by atoms with Gasteiger partial charge in [0.2, 0.25) is 5.91 Å². The minimum Gasteiger partial charge on any atom is -0.384 e. The van der Waals surface area contributed by atoms with E-state index in [1.165, 1.54) is 11.1 Å². The molecule has 1 amide bonds. The molecule has 4 rings (SSSR count). The zero-order valence-electron chi connectivity index (χ0n) is 16.5. The Morgan fingerprint density at radius 1 is 0.724 bits per heavy atom. The largest absolute Gasteiger partial charge is 0.384 e. The fourth-order valence-corrected chi connectivity index (χ4v) is 3.87. The first kappa shape index (κ1) is 19.0. The monoisotopic (exact) mass is 382 g/mol. The van der Waals surface area contributed by atoms with E-state index in [0.717, 1.165) is 36.2 Å². The number of benzene rings is 3. The third-order valence-corrected chi connectivity index (χ3v) is 5.46. The summed E-state index contributed by atoms with van der Waals surface area (Å²) >= 11 is 0. The van der Waals surface area contributed by atoms with Crippen LogP contribution in [0.3, 0.4) is 0 Å². The van der Waals surface area contributed by atoms with Crippen LogP contribution in [0.5, 0.6) is 0 Å². The van der Waals surface area contributed by atoms with Crippen LogP contribution in [0.15, 0.2) is 102 Å². The summed E-state index contributed by atoms with van der Waals surface area (Å²) in [6.07, 6.45) is 1.63. The Balaban J connectivity index is 1.48. The van der Waals surface area contributed by atoms with Crippen molar-refractivity contribution in [3.05, 3.63) is 119 Å². The van der Waals surface area contributed by atoms with Gasteiger partial charge in [-0.05, 0) is 35.4 Å². The average Bonchev–Trinajstić information content (AvgIpc) is 3.22. The molecule has 3 nitrogen and oxygen atoms in total. The molecule has 1 atom stereocenters. The zero-order valence-corrected chi connectivity index (χ0v) is 16.5. The first-order valence-electron chi connectivity index (χ1n) is 10.2. The van der Waals surface area contributed by atoms with Gasteiger partial charge in [0.1, 0.15) is 0 Å². The minimum atomic E-state index is 0.0304. The van der Waals surface area contributed by atoms with Crippen molar-refractivity contribution in [2.24, 2.45) is 0 Å². The summed E-state index contributed by atoms with van der Waals surface area (Å²) in [5, 5.41) is 6.65. The number of allylic oxidation sites excluding steroid dienone is 1. The summed E-state index contributed by atoms with van der Waals surface area (Å²) < 4.78 is 0. The summed E-state index contributed by atoms with van der Waals surface area (Å²) in [6.45, 7) is 1.28. The quantitative estimate of drug-likeness (QED) is 0.609. The molecule has 2 N–H and O–H groups in total. The molecule has 3 aromatic rings. The molecule has 0 spiro atoms. The van der Waals surface area contributed by atoms with Crippen molar-refractivity contribution in [2.45, 2.75) is 31.8 Å². The Morgan fingerprint density at radius 3 is 1.90 bits per heavy atom. The first-order valence-corrected chi connectivity index (χ1v) is 10.2. The molecule has 3 heteroatoms. The molecule has 146 valence electrons.